The summed E-state index contributed by atoms with van der Waals surface area (Å²) in [6, 6.07) is 14.9. The van der Waals surface area contributed by atoms with Gasteiger partial charge >= 0.3 is 6.18 Å². The molecule has 1 spiro atoms. The summed E-state index contributed by atoms with van der Waals surface area (Å²) >= 11 is 0. The van der Waals surface area contributed by atoms with Crippen molar-refractivity contribution in [2.45, 2.75) is 48.2 Å². The van der Waals surface area contributed by atoms with Gasteiger partial charge in [-0.3, -0.25) is 4.79 Å². The van der Waals surface area contributed by atoms with Crippen molar-refractivity contribution in [3.8, 4) is 11.1 Å². The molecule has 0 radical (unpaired) electrons. The Morgan fingerprint density at radius 1 is 0.952 bits per heavy atom. The number of hydrogen-bond acceptors (Lipinski definition) is 6. The molecule has 224 valence electrons. The number of aromatic nitrogens is 1. The monoisotopic (exact) mass is 621 g/mol. The van der Waals surface area contributed by atoms with E-state index in [9.17, 15) is 26.4 Å². The average Bonchev–Trinajstić information content (AvgIpc) is 3.23. The first-order valence-corrected chi connectivity index (χ1v) is 15.1. The molecule has 0 saturated carbocycles. The lowest BCUT2D eigenvalue weighted by Crippen LogP contribution is -2.44. The van der Waals surface area contributed by atoms with E-state index in [1.54, 1.807) is 24.3 Å². The van der Waals surface area contributed by atoms with E-state index in [1.165, 1.54) is 10.4 Å². The minimum Gasteiger partial charge on any atom is -0.367 e. The molecule has 3 N–H and O–H groups in total. The molecule has 3 aromatic rings. The third-order valence-electron chi connectivity index (χ3n) is 8.40. The summed E-state index contributed by atoms with van der Waals surface area (Å²) in [5, 5.41) is 9.45. The van der Waals surface area contributed by atoms with Crippen LogP contribution in [0.15, 0.2) is 65.7 Å². The number of sulfonamides is 1. The first-order chi connectivity index (χ1) is 19.6. The van der Waals surface area contributed by atoms with Crippen molar-refractivity contribution < 1.29 is 26.4 Å². The third kappa shape index (κ3) is 5.60. The van der Waals surface area contributed by atoms with E-state index >= 15 is 0 Å². The zero-order valence-corrected chi connectivity index (χ0v) is 24.2. The van der Waals surface area contributed by atoms with Crippen LogP contribution >= 0.6 is 12.4 Å². The molecule has 3 aliphatic heterocycles. The fraction of sp³-hybridized carbons (Fsp3) is 0.379. The number of hydrogen-bond donors (Lipinski definition) is 3. The quantitative estimate of drug-likeness (QED) is 0.369. The molecule has 13 heteroatoms. The Balaban J connectivity index is 0.00000353. The lowest BCUT2D eigenvalue weighted by atomic mass is 9.73. The standard InChI is InChI=1S/C29H30F3N5O3S.ClH/c30-29(31,32)21-4-8-26(34-18-21)35-22-9-15-37(16-10-22)41(39,40)23-5-1-19(2-6-23)20-3-7-25-24(17-20)28(27(38)36-25)11-13-33-14-12-28;/h1-8,17-18,22,33H,9-16H2,(H,34,35)(H,36,38);1H. The number of pyridine rings is 1. The van der Waals surface area contributed by atoms with E-state index in [4.69, 9.17) is 0 Å². The number of rotatable bonds is 5. The Kier molecular flexibility index (Phi) is 8.27. The summed E-state index contributed by atoms with van der Waals surface area (Å²) in [6.07, 6.45) is -1.19. The van der Waals surface area contributed by atoms with E-state index in [2.05, 4.69) is 20.9 Å². The molecule has 2 fully saturated rings. The number of anilines is 2. The van der Waals surface area contributed by atoms with Crippen molar-refractivity contribution in [2.75, 3.05) is 36.8 Å². The van der Waals surface area contributed by atoms with Gasteiger partial charge in [-0.2, -0.15) is 17.5 Å². The predicted octanol–water partition coefficient (Wildman–Crippen LogP) is 5.03. The average molecular weight is 622 g/mol. The van der Waals surface area contributed by atoms with Crippen molar-refractivity contribution in [2.24, 2.45) is 0 Å². The molecule has 0 unspecified atom stereocenters. The van der Waals surface area contributed by atoms with Gasteiger partial charge in [0.1, 0.15) is 5.82 Å². The molecule has 42 heavy (non-hydrogen) atoms. The van der Waals surface area contributed by atoms with Gasteiger partial charge in [0, 0.05) is 31.0 Å². The van der Waals surface area contributed by atoms with Crippen molar-refractivity contribution in [1.82, 2.24) is 14.6 Å². The number of amides is 1. The number of benzene rings is 2. The van der Waals surface area contributed by atoms with Crippen molar-refractivity contribution in [3.05, 3.63) is 71.9 Å². The van der Waals surface area contributed by atoms with Gasteiger partial charge in [0.2, 0.25) is 15.9 Å². The SMILES string of the molecule is Cl.O=C1Nc2ccc(-c3ccc(S(=O)(=O)N4CCC(Nc5ccc(C(F)(F)F)cn5)CC4)cc3)cc2C12CCNCC2. The van der Waals surface area contributed by atoms with Gasteiger partial charge < -0.3 is 16.0 Å². The Morgan fingerprint density at radius 2 is 1.62 bits per heavy atom. The molecule has 0 aliphatic carbocycles. The molecule has 0 atom stereocenters. The van der Waals surface area contributed by atoms with Gasteiger partial charge in [-0.15, -0.1) is 12.4 Å². The Labute approximate surface area is 248 Å². The Hall–Kier alpha value is -3.19. The van der Waals surface area contributed by atoms with Gasteiger partial charge in [0.15, 0.2) is 0 Å². The van der Waals surface area contributed by atoms with Crippen molar-refractivity contribution in [3.63, 3.8) is 0 Å². The molecule has 6 rings (SSSR count). The van der Waals surface area contributed by atoms with Crippen LogP contribution < -0.4 is 16.0 Å². The molecule has 4 heterocycles. The van der Waals surface area contributed by atoms with E-state index in [-0.39, 0.29) is 42.3 Å². The van der Waals surface area contributed by atoms with Gasteiger partial charge in [-0.1, -0.05) is 18.2 Å². The number of alkyl halides is 3. The largest absolute Gasteiger partial charge is 0.417 e. The minimum absolute atomic E-state index is 0. The lowest BCUT2D eigenvalue weighted by Gasteiger charge is -2.32. The maximum absolute atomic E-state index is 13.4. The highest BCUT2D eigenvalue weighted by atomic mass is 35.5. The van der Waals surface area contributed by atoms with Crippen LogP contribution in [-0.4, -0.2) is 55.8 Å². The molecular weight excluding hydrogens is 591 g/mol. The maximum Gasteiger partial charge on any atom is 0.417 e. The second kappa shape index (κ2) is 11.5. The van der Waals surface area contributed by atoms with Crippen LogP contribution in [0.5, 0.6) is 0 Å². The third-order valence-corrected chi connectivity index (χ3v) is 10.3. The second-order valence-corrected chi connectivity index (χ2v) is 12.8. The predicted molar refractivity (Wildman–Crippen MR) is 156 cm³/mol. The van der Waals surface area contributed by atoms with Crippen LogP contribution in [0, 0.1) is 0 Å². The fourth-order valence-corrected chi connectivity index (χ4v) is 7.48. The summed E-state index contributed by atoms with van der Waals surface area (Å²) in [5.41, 5.74) is 2.29. The highest BCUT2D eigenvalue weighted by Gasteiger charge is 2.47. The van der Waals surface area contributed by atoms with Crippen LogP contribution in [0.3, 0.4) is 0 Å². The molecule has 8 nitrogen and oxygen atoms in total. The van der Waals surface area contributed by atoms with E-state index in [1.807, 2.05) is 18.2 Å². The lowest BCUT2D eigenvalue weighted by molar-refractivity contribution is -0.137. The number of nitrogens with zero attached hydrogens (tertiary/aromatic N) is 2. The summed E-state index contributed by atoms with van der Waals surface area (Å²) in [5.74, 6) is 0.370. The molecule has 3 aliphatic rings. The Morgan fingerprint density at radius 3 is 2.24 bits per heavy atom. The summed E-state index contributed by atoms with van der Waals surface area (Å²) in [4.78, 5) is 16.9. The summed E-state index contributed by atoms with van der Waals surface area (Å²) in [6.45, 7) is 2.13. The van der Waals surface area contributed by atoms with Crippen LogP contribution in [0.1, 0.15) is 36.8 Å². The highest BCUT2D eigenvalue weighted by molar-refractivity contribution is 7.89. The highest BCUT2D eigenvalue weighted by Crippen LogP contribution is 2.45. The molecule has 1 amide bonds. The first-order valence-electron chi connectivity index (χ1n) is 13.6. The minimum atomic E-state index is -4.45. The van der Waals surface area contributed by atoms with Gasteiger partial charge in [-0.25, -0.2) is 13.4 Å². The molecule has 0 bridgehead atoms. The van der Waals surface area contributed by atoms with Crippen LogP contribution in [0.4, 0.5) is 24.7 Å². The zero-order valence-electron chi connectivity index (χ0n) is 22.6. The van der Waals surface area contributed by atoms with Crippen molar-refractivity contribution in [1.29, 1.82) is 0 Å². The zero-order chi connectivity index (χ0) is 28.8. The van der Waals surface area contributed by atoms with Crippen LogP contribution in [-0.2, 0) is 26.4 Å². The van der Waals surface area contributed by atoms with Crippen molar-refractivity contribution >= 4 is 39.8 Å². The first kappa shape index (κ1) is 30.3. The number of fused-ring (bicyclic) bond motifs is 2. The van der Waals surface area contributed by atoms with E-state index in [0.717, 1.165) is 60.6 Å². The summed E-state index contributed by atoms with van der Waals surface area (Å²) < 4.78 is 66.5. The number of nitrogens with one attached hydrogen (secondary N) is 3. The van der Waals surface area contributed by atoms with E-state index < -0.39 is 27.2 Å². The molecule has 2 aromatic carbocycles. The second-order valence-electron chi connectivity index (χ2n) is 10.8. The van der Waals surface area contributed by atoms with Gasteiger partial charge in [-0.05, 0) is 91.9 Å². The number of halogens is 4. The van der Waals surface area contributed by atoms with Gasteiger partial charge in [0.05, 0.1) is 15.9 Å². The van der Waals surface area contributed by atoms with Crippen LogP contribution in [0.2, 0.25) is 0 Å². The molecular formula is C29H31ClF3N5O3S. The van der Waals surface area contributed by atoms with E-state index in [0.29, 0.717) is 18.7 Å². The number of carbonyl (C=O) groups is 1. The van der Waals surface area contributed by atoms with Crippen LogP contribution in [0.25, 0.3) is 11.1 Å². The number of carbonyl (C=O) groups excluding carboxylic acids is 1. The van der Waals surface area contributed by atoms with Gasteiger partial charge in [0.25, 0.3) is 0 Å². The Bertz CT molecular complexity index is 1550. The number of piperidine rings is 2. The smallest absolute Gasteiger partial charge is 0.367 e. The fourth-order valence-electron chi connectivity index (χ4n) is 6.01. The maximum atomic E-state index is 13.4. The normalized spacial score (nSPS) is 19.2. The topological polar surface area (TPSA) is 103 Å². The molecule has 2 saturated heterocycles. The summed E-state index contributed by atoms with van der Waals surface area (Å²) in [7, 11) is -3.72. The molecule has 1 aromatic heterocycles.